The fourth-order valence-electron chi connectivity index (χ4n) is 6.18. The highest BCUT2D eigenvalue weighted by Crippen LogP contribution is 2.49. The molecule has 3 rings (SSSR count). The smallest absolute Gasteiger partial charge is 0.303 e. The number of nitrogens with two attached hydrogens (primary N) is 3. The molecule has 5 nitrogen and oxygen atoms in total. The van der Waals surface area contributed by atoms with Gasteiger partial charge in [0.15, 0.2) is 0 Å². The zero-order chi connectivity index (χ0) is 28.4. The van der Waals surface area contributed by atoms with Gasteiger partial charge in [0.25, 0.3) is 0 Å². The molecule has 0 radical (unpaired) electrons. The van der Waals surface area contributed by atoms with Gasteiger partial charge in [0.1, 0.15) is 0 Å². The van der Waals surface area contributed by atoms with E-state index in [0.29, 0.717) is 26.1 Å². The van der Waals surface area contributed by atoms with Crippen molar-refractivity contribution >= 4 is 5.97 Å². The van der Waals surface area contributed by atoms with Crippen LogP contribution in [0.4, 0.5) is 0 Å². The second kappa shape index (κ2) is 14.4. The van der Waals surface area contributed by atoms with Gasteiger partial charge >= 0.3 is 5.97 Å². The van der Waals surface area contributed by atoms with E-state index in [-0.39, 0.29) is 29.6 Å². The minimum Gasteiger partial charge on any atom is -0.481 e. The summed E-state index contributed by atoms with van der Waals surface area (Å²) in [6.45, 7) is 8.39. The first-order chi connectivity index (χ1) is 18.7. The summed E-state index contributed by atoms with van der Waals surface area (Å²) in [4.78, 5) is 11.9. The van der Waals surface area contributed by atoms with Crippen molar-refractivity contribution in [3.63, 3.8) is 0 Å². The molecule has 5 heteroatoms. The van der Waals surface area contributed by atoms with Crippen LogP contribution in [0.3, 0.4) is 0 Å². The molecule has 0 saturated heterocycles. The van der Waals surface area contributed by atoms with Crippen LogP contribution >= 0.6 is 0 Å². The molecular formula is C34H47N3O2. The highest BCUT2D eigenvalue weighted by Gasteiger charge is 2.36. The summed E-state index contributed by atoms with van der Waals surface area (Å²) in [5.74, 6) is 0.108. The van der Waals surface area contributed by atoms with Crippen LogP contribution in [0.15, 0.2) is 72.8 Å². The molecule has 0 amide bonds. The molecule has 3 aromatic carbocycles. The van der Waals surface area contributed by atoms with Crippen molar-refractivity contribution < 1.29 is 9.90 Å². The first kappa shape index (κ1) is 30.6. The molecule has 0 heterocycles. The normalized spacial score (nSPS) is 15.3. The summed E-state index contributed by atoms with van der Waals surface area (Å²) in [7, 11) is 0. The SMILES string of the molecule is CC(CC(CCC(=O)O)(CC(C)c1ccc(CN)cc1)CC(C)c1ccc(CN)cc1)c1ccc(CN)cc1. The fraction of sp³-hybridized carbons (Fsp3) is 0.441. The molecule has 7 N–H and O–H groups in total. The molecule has 39 heavy (non-hydrogen) atoms. The maximum Gasteiger partial charge on any atom is 0.303 e. The molecule has 0 saturated carbocycles. The van der Waals surface area contributed by atoms with Gasteiger partial charge in [-0.15, -0.1) is 0 Å². The molecule has 3 aromatic rings. The van der Waals surface area contributed by atoms with Gasteiger partial charge in [-0.25, -0.2) is 0 Å². The third-order valence-corrected chi connectivity index (χ3v) is 8.44. The third-order valence-electron chi connectivity index (χ3n) is 8.44. The number of hydrogen-bond acceptors (Lipinski definition) is 4. The average molecular weight is 530 g/mol. The lowest BCUT2D eigenvalue weighted by Crippen LogP contribution is -2.28. The Balaban J connectivity index is 1.97. The Labute approximate surface area is 234 Å². The minimum absolute atomic E-state index is 0.163. The van der Waals surface area contributed by atoms with Crippen LogP contribution in [0.5, 0.6) is 0 Å². The molecule has 3 unspecified atom stereocenters. The van der Waals surface area contributed by atoms with Crippen molar-refractivity contribution in [1.82, 2.24) is 0 Å². The zero-order valence-electron chi connectivity index (χ0n) is 23.9. The molecular weight excluding hydrogens is 482 g/mol. The van der Waals surface area contributed by atoms with E-state index in [1.54, 1.807) is 0 Å². The van der Waals surface area contributed by atoms with Crippen molar-refractivity contribution in [1.29, 1.82) is 0 Å². The van der Waals surface area contributed by atoms with Gasteiger partial charge in [-0.2, -0.15) is 0 Å². The molecule has 0 aliphatic rings. The molecule has 0 spiro atoms. The topological polar surface area (TPSA) is 115 Å². The Morgan fingerprint density at radius 3 is 1.13 bits per heavy atom. The maximum atomic E-state index is 11.9. The lowest BCUT2D eigenvalue weighted by Gasteiger charge is -2.40. The standard InChI is InChI=1S/C34H47N3O2/c1-24(30-10-4-27(21-35)5-11-30)18-34(17-16-33(38)39,19-25(2)31-12-6-28(22-36)7-13-31)20-26(3)32-14-8-29(23-37)9-15-32/h4-15,24-26H,16-23,35-37H2,1-3H3,(H,38,39). The summed E-state index contributed by atoms with van der Waals surface area (Å²) in [6.07, 6.45) is 3.55. The van der Waals surface area contributed by atoms with Gasteiger partial charge < -0.3 is 22.3 Å². The van der Waals surface area contributed by atoms with Gasteiger partial charge in [0.05, 0.1) is 0 Å². The van der Waals surface area contributed by atoms with Crippen molar-refractivity contribution in [2.45, 2.75) is 90.3 Å². The Kier molecular flexibility index (Phi) is 11.3. The number of carbonyl (C=O) groups is 1. The van der Waals surface area contributed by atoms with Crippen LogP contribution < -0.4 is 17.2 Å². The molecule has 210 valence electrons. The Morgan fingerprint density at radius 1 is 0.615 bits per heavy atom. The summed E-state index contributed by atoms with van der Waals surface area (Å²) < 4.78 is 0. The first-order valence-electron chi connectivity index (χ1n) is 14.3. The molecule has 0 aliphatic heterocycles. The van der Waals surface area contributed by atoms with Crippen LogP contribution in [-0.4, -0.2) is 11.1 Å². The minimum atomic E-state index is -0.737. The fourth-order valence-corrected chi connectivity index (χ4v) is 6.18. The van der Waals surface area contributed by atoms with Crippen LogP contribution in [0.25, 0.3) is 0 Å². The first-order valence-corrected chi connectivity index (χ1v) is 14.3. The number of hydrogen-bond donors (Lipinski definition) is 4. The van der Waals surface area contributed by atoms with Gasteiger partial charge in [-0.3, -0.25) is 4.79 Å². The number of benzene rings is 3. The van der Waals surface area contributed by atoms with Gasteiger partial charge in [-0.1, -0.05) is 93.6 Å². The Bertz CT molecular complexity index is 1020. The van der Waals surface area contributed by atoms with E-state index in [1.165, 1.54) is 16.7 Å². The van der Waals surface area contributed by atoms with E-state index >= 15 is 0 Å². The summed E-state index contributed by atoms with van der Waals surface area (Å²) in [5.41, 5.74) is 24.5. The lowest BCUT2D eigenvalue weighted by molar-refractivity contribution is -0.137. The summed E-state index contributed by atoms with van der Waals surface area (Å²) in [6, 6.07) is 25.7. The van der Waals surface area contributed by atoms with Crippen LogP contribution in [0.2, 0.25) is 0 Å². The Morgan fingerprint density at radius 2 is 0.897 bits per heavy atom. The van der Waals surface area contributed by atoms with Gasteiger partial charge in [-0.05, 0) is 82.2 Å². The third kappa shape index (κ3) is 8.76. The zero-order valence-corrected chi connectivity index (χ0v) is 23.9. The monoisotopic (exact) mass is 529 g/mol. The summed E-state index contributed by atoms with van der Waals surface area (Å²) >= 11 is 0. The summed E-state index contributed by atoms with van der Waals surface area (Å²) in [5, 5.41) is 9.77. The van der Waals surface area contributed by atoms with E-state index < -0.39 is 5.97 Å². The predicted octanol–water partition coefficient (Wildman–Crippen LogP) is 6.80. The largest absolute Gasteiger partial charge is 0.481 e. The van der Waals surface area contributed by atoms with Crippen LogP contribution in [0, 0.1) is 5.41 Å². The number of aliphatic carboxylic acids is 1. The Hall–Kier alpha value is -2.99. The van der Waals surface area contributed by atoms with Crippen molar-refractivity contribution in [2.75, 3.05) is 0 Å². The molecule has 0 bridgehead atoms. The maximum absolute atomic E-state index is 11.9. The van der Waals surface area contributed by atoms with Crippen LogP contribution in [-0.2, 0) is 24.4 Å². The van der Waals surface area contributed by atoms with E-state index in [4.69, 9.17) is 17.2 Å². The average Bonchev–Trinajstić information content (AvgIpc) is 2.96. The second-order valence-corrected chi connectivity index (χ2v) is 11.5. The highest BCUT2D eigenvalue weighted by molar-refractivity contribution is 5.66. The molecule has 0 aromatic heterocycles. The van der Waals surface area contributed by atoms with Gasteiger partial charge in [0.2, 0.25) is 0 Å². The van der Waals surface area contributed by atoms with E-state index in [0.717, 1.165) is 36.0 Å². The molecule has 3 atom stereocenters. The molecule has 0 fully saturated rings. The highest BCUT2D eigenvalue weighted by atomic mass is 16.4. The second-order valence-electron chi connectivity index (χ2n) is 11.5. The van der Waals surface area contributed by atoms with Crippen molar-refractivity contribution in [3.05, 3.63) is 106 Å². The van der Waals surface area contributed by atoms with Gasteiger partial charge in [0, 0.05) is 26.1 Å². The van der Waals surface area contributed by atoms with Crippen LogP contribution in [0.1, 0.15) is 104 Å². The number of carboxylic acids is 1. The van der Waals surface area contributed by atoms with E-state index in [9.17, 15) is 9.90 Å². The quantitative estimate of drug-likeness (QED) is 0.173. The predicted molar refractivity (Wildman–Crippen MR) is 161 cm³/mol. The van der Waals surface area contributed by atoms with Crippen molar-refractivity contribution in [2.24, 2.45) is 22.6 Å². The number of rotatable bonds is 15. The lowest BCUT2D eigenvalue weighted by atomic mass is 9.64. The van der Waals surface area contributed by atoms with Crippen molar-refractivity contribution in [3.8, 4) is 0 Å². The van der Waals surface area contributed by atoms with E-state index in [1.807, 2.05) is 0 Å². The number of carboxylic acid groups (broad SMARTS) is 1. The van der Waals surface area contributed by atoms with E-state index in [2.05, 4.69) is 93.6 Å². The molecule has 0 aliphatic carbocycles.